The van der Waals surface area contributed by atoms with Crippen LogP contribution >= 0.6 is 11.8 Å². The lowest BCUT2D eigenvalue weighted by Crippen LogP contribution is -2.12. The first-order valence-corrected chi connectivity index (χ1v) is 9.44. The van der Waals surface area contributed by atoms with Gasteiger partial charge in [0.2, 0.25) is 10.0 Å². The van der Waals surface area contributed by atoms with Crippen LogP contribution in [0, 0.1) is 10.1 Å². The van der Waals surface area contributed by atoms with E-state index in [2.05, 4.69) is 20.8 Å². The number of hydrogen-bond acceptors (Lipinski definition) is 5. The molecule has 2 aromatic carbocycles. The fraction of sp³-hybridized carbons (Fsp3) is 0.250. The van der Waals surface area contributed by atoms with Crippen LogP contribution in [0.4, 0.5) is 5.69 Å². The maximum absolute atomic E-state index is 11.4. The molecule has 0 aliphatic carbocycles. The molecule has 0 amide bonds. The number of primary sulfonamides is 1. The molecular formula is C16H18N2O4S2. The Balaban J connectivity index is 2.37. The second kappa shape index (κ2) is 6.54. The average molecular weight is 366 g/mol. The zero-order valence-corrected chi connectivity index (χ0v) is 15.1. The normalized spacial score (nSPS) is 12.2. The standard InChI is InChI=1S/C16H18N2O4S2/c1-16(2,3)11-4-6-12(7-5-11)23-15-9-8-13(24(17,21)22)10-14(15)18(19)20/h4-10H,1-3H3,(H2,17,21,22). The van der Waals surface area contributed by atoms with E-state index in [-0.39, 0.29) is 16.0 Å². The van der Waals surface area contributed by atoms with E-state index in [9.17, 15) is 18.5 Å². The maximum atomic E-state index is 11.4. The van der Waals surface area contributed by atoms with Crippen molar-refractivity contribution in [2.45, 2.75) is 40.9 Å². The minimum atomic E-state index is -3.98. The Morgan fingerprint density at radius 1 is 1.08 bits per heavy atom. The molecule has 0 heterocycles. The SMILES string of the molecule is CC(C)(C)c1ccc(Sc2ccc(S(N)(=O)=O)cc2[N+](=O)[O-])cc1. The molecule has 2 rings (SSSR count). The van der Waals surface area contributed by atoms with Crippen molar-refractivity contribution in [1.82, 2.24) is 0 Å². The zero-order valence-electron chi connectivity index (χ0n) is 13.5. The lowest BCUT2D eigenvalue weighted by Gasteiger charge is -2.19. The second-order valence-corrected chi connectivity index (χ2v) is 8.98. The van der Waals surface area contributed by atoms with E-state index in [1.54, 1.807) is 0 Å². The van der Waals surface area contributed by atoms with Crippen LogP contribution in [0.2, 0.25) is 0 Å². The van der Waals surface area contributed by atoms with Crippen molar-refractivity contribution < 1.29 is 13.3 Å². The predicted octanol–water partition coefficient (Wildman–Crippen LogP) is 3.69. The fourth-order valence-corrected chi connectivity index (χ4v) is 3.49. The number of rotatable bonds is 4. The summed E-state index contributed by atoms with van der Waals surface area (Å²) in [5.74, 6) is 0. The molecular weight excluding hydrogens is 348 g/mol. The molecule has 2 aromatic rings. The van der Waals surface area contributed by atoms with Gasteiger partial charge in [0.05, 0.1) is 14.7 Å². The molecule has 0 saturated carbocycles. The second-order valence-electron chi connectivity index (χ2n) is 6.31. The number of sulfonamides is 1. The van der Waals surface area contributed by atoms with Crippen molar-refractivity contribution in [2.24, 2.45) is 5.14 Å². The fourth-order valence-electron chi connectivity index (χ4n) is 2.05. The van der Waals surface area contributed by atoms with Crippen molar-refractivity contribution in [2.75, 3.05) is 0 Å². The Hall–Kier alpha value is -1.90. The highest BCUT2D eigenvalue weighted by Crippen LogP contribution is 2.36. The number of hydrogen-bond donors (Lipinski definition) is 1. The van der Waals surface area contributed by atoms with Crippen LogP contribution in [0.25, 0.3) is 0 Å². The first-order valence-electron chi connectivity index (χ1n) is 7.08. The van der Waals surface area contributed by atoms with Crippen molar-refractivity contribution >= 4 is 27.5 Å². The van der Waals surface area contributed by atoms with Crippen molar-refractivity contribution in [3.8, 4) is 0 Å². The lowest BCUT2D eigenvalue weighted by molar-refractivity contribution is -0.388. The molecule has 0 atom stereocenters. The third-order valence-electron chi connectivity index (χ3n) is 3.40. The molecule has 0 aromatic heterocycles. The third kappa shape index (κ3) is 4.34. The van der Waals surface area contributed by atoms with Crippen LogP contribution in [-0.2, 0) is 15.4 Å². The number of benzene rings is 2. The van der Waals surface area contributed by atoms with Gasteiger partial charge >= 0.3 is 0 Å². The Kier molecular flexibility index (Phi) is 5.03. The summed E-state index contributed by atoms with van der Waals surface area (Å²) in [6.07, 6.45) is 0. The van der Waals surface area contributed by atoms with Crippen LogP contribution in [0.1, 0.15) is 26.3 Å². The molecule has 8 heteroatoms. The molecule has 0 radical (unpaired) electrons. The van der Waals surface area contributed by atoms with Crippen LogP contribution in [0.3, 0.4) is 0 Å². The smallest absolute Gasteiger partial charge is 0.258 e. The molecule has 128 valence electrons. The molecule has 6 nitrogen and oxygen atoms in total. The largest absolute Gasteiger partial charge is 0.284 e. The van der Waals surface area contributed by atoms with Gasteiger partial charge in [-0.1, -0.05) is 44.7 Å². The van der Waals surface area contributed by atoms with Gasteiger partial charge in [-0.15, -0.1) is 0 Å². The van der Waals surface area contributed by atoms with Crippen molar-refractivity contribution in [3.63, 3.8) is 0 Å². The van der Waals surface area contributed by atoms with Gasteiger partial charge in [-0.05, 0) is 35.2 Å². The highest BCUT2D eigenvalue weighted by molar-refractivity contribution is 7.99. The van der Waals surface area contributed by atoms with Gasteiger partial charge < -0.3 is 0 Å². The third-order valence-corrected chi connectivity index (χ3v) is 5.39. The number of nitrogens with two attached hydrogens (primary N) is 1. The Bertz CT molecular complexity index is 870. The van der Waals surface area contributed by atoms with E-state index in [1.807, 2.05) is 24.3 Å². The monoisotopic (exact) mass is 366 g/mol. The van der Waals surface area contributed by atoms with E-state index in [1.165, 1.54) is 23.9 Å². The molecule has 0 aliphatic heterocycles. The summed E-state index contributed by atoms with van der Waals surface area (Å²) < 4.78 is 22.7. The van der Waals surface area contributed by atoms with Crippen molar-refractivity contribution in [3.05, 3.63) is 58.1 Å². The zero-order chi connectivity index (χ0) is 18.1. The maximum Gasteiger partial charge on any atom is 0.284 e. The summed E-state index contributed by atoms with van der Waals surface area (Å²) in [7, 11) is -3.98. The van der Waals surface area contributed by atoms with E-state index >= 15 is 0 Å². The first kappa shape index (κ1) is 18.4. The van der Waals surface area contributed by atoms with Gasteiger partial charge in [0.15, 0.2) is 0 Å². The minimum Gasteiger partial charge on any atom is -0.258 e. The van der Waals surface area contributed by atoms with Gasteiger partial charge in [0.1, 0.15) is 0 Å². The molecule has 0 fully saturated rings. The van der Waals surface area contributed by atoms with Crippen LogP contribution < -0.4 is 5.14 Å². The number of nitrogens with zero attached hydrogens (tertiary/aromatic N) is 1. The molecule has 0 aliphatic rings. The predicted molar refractivity (Wildman–Crippen MR) is 93.7 cm³/mol. The quantitative estimate of drug-likeness (QED) is 0.656. The Morgan fingerprint density at radius 2 is 1.67 bits per heavy atom. The van der Waals surface area contributed by atoms with Crippen molar-refractivity contribution in [1.29, 1.82) is 0 Å². The molecule has 2 N–H and O–H groups in total. The van der Waals surface area contributed by atoms with Gasteiger partial charge in [-0.3, -0.25) is 10.1 Å². The topological polar surface area (TPSA) is 103 Å². The number of nitro benzene ring substituents is 1. The highest BCUT2D eigenvalue weighted by atomic mass is 32.2. The molecule has 24 heavy (non-hydrogen) atoms. The minimum absolute atomic E-state index is 0.0202. The summed E-state index contributed by atoms with van der Waals surface area (Å²) in [6, 6.07) is 11.4. The molecule has 0 saturated heterocycles. The molecule has 0 spiro atoms. The Labute approximate surface area is 145 Å². The van der Waals surface area contributed by atoms with Crippen LogP contribution in [0.15, 0.2) is 57.2 Å². The highest BCUT2D eigenvalue weighted by Gasteiger charge is 2.20. The van der Waals surface area contributed by atoms with Gasteiger partial charge in [0.25, 0.3) is 5.69 Å². The van der Waals surface area contributed by atoms with Gasteiger partial charge in [0, 0.05) is 11.0 Å². The summed E-state index contributed by atoms with van der Waals surface area (Å²) >= 11 is 1.20. The Morgan fingerprint density at radius 3 is 2.12 bits per heavy atom. The first-order chi connectivity index (χ1) is 11.0. The molecule has 0 bridgehead atoms. The molecule has 0 unspecified atom stereocenters. The van der Waals surface area contributed by atoms with Gasteiger partial charge in [-0.2, -0.15) is 0 Å². The van der Waals surface area contributed by atoms with E-state index < -0.39 is 14.9 Å². The van der Waals surface area contributed by atoms with E-state index in [4.69, 9.17) is 5.14 Å². The van der Waals surface area contributed by atoms with Crippen LogP contribution in [-0.4, -0.2) is 13.3 Å². The van der Waals surface area contributed by atoms with Gasteiger partial charge in [-0.25, -0.2) is 13.6 Å². The lowest BCUT2D eigenvalue weighted by atomic mass is 9.87. The van der Waals surface area contributed by atoms with E-state index in [0.717, 1.165) is 16.5 Å². The van der Waals surface area contributed by atoms with E-state index in [0.29, 0.717) is 4.90 Å². The summed E-state index contributed by atoms with van der Waals surface area (Å²) in [5.41, 5.74) is 0.893. The summed E-state index contributed by atoms with van der Waals surface area (Å²) in [6.45, 7) is 6.31. The summed E-state index contributed by atoms with van der Waals surface area (Å²) in [5, 5.41) is 16.3. The average Bonchev–Trinajstić information content (AvgIpc) is 2.46. The summed E-state index contributed by atoms with van der Waals surface area (Å²) in [4.78, 5) is 11.5. The van der Waals surface area contributed by atoms with Crippen LogP contribution in [0.5, 0.6) is 0 Å². The number of nitro groups is 1.